The van der Waals surface area contributed by atoms with Crippen LogP contribution in [-0.2, 0) is 4.79 Å². The number of hydrogen-bond acceptors (Lipinski definition) is 4. The number of nitrogens with zero attached hydrogens (tertiary/aromatic N) is 1. The van der Waals surface area contributed by atoms with Gasteiger partial charge in [-0.1, -0.05) is 37.8 Å². The van der Waals surface area contributed by atoms with E-state index >= 15 is 0 Å². The maximum absolute atomic E-state index is 13.5. The lowest BCUT2D eigenvalue weighted by molar-refractivity contribution is -0.116. The van der Waals surface area contributed by atoms with E-state index in [2.05, 4.69) is 10.2 Å². The topological polar surface area (TPSA) is 63.7 Å². The molecule has 1 N–H and O–H groups in total. The molecule has 1 aromatic heterocycles. The van der Waals surface area contributed by atoms with E-state index in [1.165, 1.54) is 18.9 Å². The highest BCUT2D eigenvalue weighted by atomic mass is 16.3. The summed E-state index contributed by atoms with van der Waals surface area (Å²) in [5, 5.41) is 3.71. The van der Waals surface area contributed by atoms with Gasteiger partial charge in [0.15, 0.2) is 16.9 Å². The van der Waals surface area contributed by atoms with Crippen molar-refractivity contribution in [3.63, 3.8) is 0 Å². The van der Waals surface area contributed by atoms with Crippen LogP contribution in [0.5, 0.6) is 0 Å². The molecule has 2 aromatic rings. The minimum atomic E-state index is -0.536. The van der Waals surface area contributed by atoms with Crippen LogP contribution in [0.15, 0.2) is 56.1 Å². The molecule has 2 aliphatic rings. The van der Waals surface area contributed by atoms with Crippen molar-refractivity contribution in [2.24, 2.45) is 5.92 Å². The van der Waals surface area contributed by atoms with E-state index in [-0.39, 0.29) is 11.2 Å². The average molecular weight is 402 g/mol. The van der Waals surface area contributed by atoms with Gasteiger partial charge in [0.25, 0.3) is 0 Å². The van der Waals surface area contributed by atoms with E-state index in [9.17, 15) is 9.59 Å². The summed E-state index contributed by atoms with van der Waals surface area (Å²) in [4.78, 5) is 29.8. The molecular formula is C25H26N2O3. The molecule has 1 saturated carbocycles. The number of dihydropyridines is 1. The fourth-order valence-electron chi connectivity index (χ4n) is 4.93. The fourth-order valence-corrected chi connectivity index (χ4v) is 4.93. The first-order valence-corrected chi connectivity index (χ1v) is 10.5. The van der Waals surface area contributed by atoms with Gasteiger partial charge in [-0.05, 0) is 38.3 Å². The highest BCUT2D eigenvalue weighted by Crippen LogP contribution is 2.43. The molecule has 2 heterocycles. The monoisotopic (exact) mass is 402 g/mol. The highest BCUT2D eigenvalue weighted by molar-refractivity contribution is 6.00. The second kappa shape index (κ2) is 7.95. The van der Waals surface area contributed by atoms with Gasteiger partial charge in [-0.25, -0.2) is 4.85 Å². The normalized spacial score (nSPS) is 19.9. The van der Waals surface area contributed by atoms with Crippen LogP contribution in [0.2, 0.25) is 0 Å². The molecule has 5 nitrogen and oxygen atoms in total. The molecule has 0 amide bonds. The van der Waals surface area contributed by atoms with Gasteiger partial charge in [0.1, 0.15) is 11.3 Å². The van der Waals surface area contributed by atoms with Crippen molar-refractivity contribution in [3.05, 3.63) is 79.9 Å². The number of Topliss-reactive ketones (excluding diaryl/α,β-unsaturated/α-hetero) is 1. The maximum Gasteiger partial charge on any atom is 0.195 e. The summed E-state index contributed by atoms with van der Waals surface area (Å²) < 4.78 is 5.97. The molecule has 1 fully saturated rings. The van der Waals surface area contributed by atoms with Gasteiger partial charge >= 0.3 is 0 Å². The lowest BCUT2D eigenvalue weighted by atomic mass is 9.79. The molecule has 1 atom stereocenters. The number of benzene rings is 1. The van der Waals surface area contributed by atoms with Crippen molar-refractivity contribution in [1.29, 1.82) is 0 Å². The molecule has 30 heavy (non-hydrogen) atoms. The number of aryl methyl sites for hydroxylation is 1. The Hall–Kier alpha value is -3.13. The van der Waals surface area contributed by atoms with Gasteiger partial charge < -0.3 is 9.73 Å². The smallest absolute Gasteiger partial charge is 0.195 e. The Bertz CT molecular complexity index is 1190. The van der Waals surface area contributed by atoms with Crippen molar-refractivity contribution in [3.8, 4) is 0 Å². The van der Waals surface area contributed by atoms with Gasteiger partial charge in [0.2, 0.25) is 0 Å². The number of nitrogens with one attached hydrogen (secondary N) is 1. The number of carbonyl (C=O) groups is 1. The third kappa shape index (κ3) is 3.47. The summed E-state index contributed by atoms with van der Waals surface area (Å²) in [5.41, 5.74) is 3.66. The van der Waals surface area contributed by atoms with Gasteiger partial charge in [0.05, 0.1) is 17.9 Å². The van der Waals surface area contributed by atoms with Crippen LogP contribution in [0, 0.1) is 19.4 Å². The van der Waals surface area contributed by atoms with Crippen molar-refractivity contribution in [2.75, 3.05) is 0 Å². The molecule has 0 radical (unpaired) electrons. The largest absolute Gasteiger partial charge is 0.461 e. The Balaban J connectivity index is 1.90. The first-order valence-electron chi connectivity index (χ1n) is 10.5. The third-order valence-corrected chi connectivity index (χ3v) is 6.31. The summed E-state index contributed by atoms with van der Waals surface area (Å²) in [6.45, 7) is 13.3. The summed E-state index contributed by atoms with van der Waals surface area (Å²) >= 11 is 0. The number of para-hydroxylation sites is 1. The lowest BCUT2D eigenvalue weighted by Gasteiger charge is -2.29. The van der Waals surface area contributed by atoms with Crippen molar-refractivity contribution < 1.29 is 9.21 Å². The van der Waals surface area contributed by atoms with Gasteiger partial charge in [0, 0.05) is 29.5 Å². The molecule has 154 valence electrons. The Kier molecular flexibility index (Phi) is 5.34. The number of hydrogen-bond donors (Lipinski definition) is 1. The number of carbonyl (C=O) groups excluding carboxylic acids is 1. The Morgan fingerprint density at radius 2 is 1.93 bits per heavy atom. The van der Waals surface area contributed by atoms with Crippen LogP contribution < -0.4 is 10.7 Å². The van der Waals surface area contributed by atoms with E-state index in [0.717, 1.165) is 24.2 Å². The molecule has 4 rings (SSSR count). The summed E-state index contributed by atoms with van der Waals surface area (Å²) in [6.07, 6.45) is 5.03. The second-order valence-electron chi connectivity index (χ2n) is 8.44. The van der Waals surface area contributed by atoms with Crippen LogP contribution in [0.4, 0.5) is 0 Å². The average Bonchev–Trinajstić information content (AvgIpc) is 3.20. The van der Waals surface area contributed by atoms with E-state index in [1.54, 1.807) is 19.1 Å². The third-order valence-electron chi connectivity index (χ3n) is 6.31. The van der Waals surface area contributed by atoms with Gasteiger partial charge in [-0.2, -0.15) is 0 Å². The van der Waals surface area contributed by atoms with Crippen molar-refractivity contribution in [1.82, 2.24) is 5.32 Å². The Labute approximate surface area is 176 Å². The number of fused-ring (bicyclic) bond motifs is 1. The minimum Gasteiger partial charge on any atom is -0.461 e. The molecular weight excluding hydrogens is 376 g/mol. The van der Waals surface area contributed by atoms with E-state index in [4.69, 9.17) is 11.0 Å². The molecule has 0 saturated heterocycles. The number of ketones is 1. The second-order valence-corrected chi connectivity index (χ2v) is 8.44. The standard InChI is InChI=1S/C25H26N2O3/c1-14-12-20(28)18-10-7-11-19(25(18)30-14)23-22(15(2)27-16(3)24(23)26-4)21(29)13-17-8-5-6-9-17/h7,10-12,17,23,27H,5-6,8-9,13H2,1-3H3. The summed E-state index contributed by atoms with van der Waals surface area (Å²) in [5.74, 6) is 0.469. The zero-order valence-corrected chi connectivity index (χ0v) is 17.7. The summed E-state index contributed by atoms with van der Waals surface area (Å²) in [7, 11) is 0. The highest BCUT2D eigenvalue weighted by Gasteiger charge is 2.36. The van der Waals surface area contributed by atoms with E-state index < -0.39 is 5.92 Å². The molecule has 1 aliphatic heterocycles. The molecule has 0 bridgehead atoms. The minimum absolute atomic E-state index is 0.0811. The zero-order valence-electron chi connectivity index (χ0n) is 17.7. The van der Waals surface area contributed by atoms with Crippen molar-refractivity contribution >= 4 is 16.8 Å². The van der Waals surface area contributed by atoms with Crippen LogP contribution in [0.1, 0.15) is 63.2 Å². The van der Waals surface area contributed by atoms with Crippen LogP contribution >= 0.6 is 0 Å². The first kappa shape index (κ1) is 20.2. The predicted octanol–water partition coefficient (Wildman–Crippen LogP) is 5.36. The molecule has 0 spiro atoms. The fraction of sp³-hybridized carbons (Fsp3) is 0.400. The lowest BCUT2D eigenvalue weighted by Crippen LogP contribution is -2.28. The quantitative estimate of drug-likeness (QED) is 0.699. The maximum atomic E-state index is 13.5. The molecule has 1 aliphatic carbocycles. The first-order chi connectivity index (χ1) is 14.4. The molecule has 1 unspecified atom stereocenters. The van der Waals surface area contributed by atoms with E-state index in [1.807, 2.05) is 19.9 Å². The molecule has 1 aromatic carbocycles. The Morgan fingerprint density at radius 3 is 2.63 bits per heavy atom. The predicted molar refractivity (Wildman–Crippen MR) is 117 cm³/mol. The van der Waals surface area contributed by atoms with Crippen LogP contribution in [-0.4, -0.2) is 5.78 Å². The van der Waals surface area contributed by atoms with Crippen molar-refractivity contribution in [2.45, 2.75) is 58.8 Å². The molecule has 5 heteroatoms. The SMILES string of the molecule is [C-]#[N+]C1=C(C)NC(C)=C(C(=O)CC2CCCC2)C1c1cccc2c(=O)cc(C)oc12. The van der Waals surface area contributed by atoms with Crippen LogP contribution in [0.25, 0.3) is 15.8 Å². The summed E-state index contributed by atoms with van der Waals surface area (Å²) in [6, 6.07) is 6.88. The number of allylic oxidation sites excluding steroid dienone is 3. The van der Waals surface area contributed by atoms with Crippen LogP contribution in [0.3, 0.4) is 0 Å². The Morgan fingerprint density at radius 1 is 1.20 bits per heavy atom. The van der Waals surface area contributed by atoms with Gasteiger partial charge in [-0.3, -0.25) is 9.59 Å². The van der Waals surface area contributed by atoms with Gasteiger partial charge in [-0.15, -0.1) is 0 Å². The van der Waals surface area contributed by atoms with E-state index in [0.29, 0.717) is 45.9 Å². The number of rotatable bonds is 4. The zero-order chi connectivity index (χ0) is 21.4.